The second-order valence-electron chi connectivity index (χ2n) is 11.5. The van der Waals surface area contributed by atoms with Crippen molar-refractivity contribution in [1.82, 2.24) is 16.0 Å². The average Bonchev–Trinajstić information content (AvgIpc) is 2.93. The minimum Gasteiger partial charge on any atom is -0.444 e. The minimum absolute atomic E-state index is 0.0412. The summed E-state index contributed by atoms with van der Waals surface area (Å²) >= 11 is 0. The molecular weight excluding hydrogens is 522 g/mol. The van der Waals surface area contributed by atoms with E-state index in [1.54, 1.807) is 20.8 Å². The van der Waals surface area contributed by atoms with Gasteiger partial charge in [-0.25, -0.2) is 4.79 Å². The zero-order valence-electron chi connectivity index (χ0n) is 24.9. The molecule has 0 aliphatic heterocycles. The molecule has 9 heteroatoms. The molecule has 0 aliphatic rings. The Hall–Kier alpha value is -3.43. The predicted octanol–water partition coefficient (Wildman–Crippen LogP) is 3.37. The van der Waals surface area contributed by atoms with E-state index in [9.17, 15) is 19.5 Å². The lowest BCUT2D eigenvalue weighted by molar-refractivity contribution is -0.133. The molecular formula is C32H47N3O6. The molecule has 5 N–H and O–H groups in total. The van der Waals surface area contributed by atoms with Crippen molar-refractivity contribution >= 4 is 17.9 Å². The van der Waals surface area contributed by atoms with Crippen LogP contribution in [-0.4, -0.2) is 65.1 Å². The third kappa shape index (κ3) is 12.3. The van der Waals surface area contributed by atoms with Gasteiger partial charge >= 0.3 is 6.09 Å². The summed E-state index contributed by atoms with van der Waals surface area (Å²) in [6.45, 7) is 8.99. The lowest BCUT2D eigenvalue weighted by atomic mass is 9.88. The maximum atomic E-state index is 13.7. The average molecular weight is 570 g/mol. The Morgan fingerprint density at radius 1 is 0.878 bits per heavy atom. The molecule has 0 spiro atoms. The summed E-state index contributed by atoms with van der Waals surface area (Å²) < 4.78 is 5.45. The zero-order chi connectivity index (χ0) is 30.4. The number of aliphatic hydroxyl groups is 2. The quantitative estimate of drug-likeness (QED) is 0.223. The monoisotopic (exact) mass is 569 g/mol. The third-order valence-electron chi connectivity index (χ3n) is 6.89. The van der Waals surface area contributed by atoms with Gasteiger partial charge in [-0.05, 0) is 57.1 Å². The van der Waals surface area contributed by atoms with Crippen LogP contribution in [0.25, 0.3) is 0 Å². The van der Waals surface area contributed by atoms with Crippen LogP contribution >= 0.6 is 0 Å². The molecule has 2 aromatic carbocycles. The van der Waals surface area contributed by atoms with Gasteiger partial charge in [0.15, 0.2) is 0 Å². The van der Waals surface area contributed by atoms with Crippen LogP contribution in [0.5, 0.6) is 0 Å². The van der Waals surface area contributed by atoms with Gasteiger partial charge in [-0.2, -0.15) is 0 Å². The summed E-state index contributed by atoms with van der Waals surface area (Å²) in [6, 6.07) is 17.4. The number of rotatable bonds is 15. The topological polar surface area (TPSA) is 137 Å². The largest absolute Gasteiger partial charge is 0.444 e. The van der Waals surface area contributed by atoms with Crippen LogP contribution in [0.1, 0.15) is 58.6 Å². The number of alkyl carbamates (subject to hydrolysis) is 1. The number of hydrogen-bond donors (Lipinski definition) is 5. The predicted molar refractivity (Wildman–Crippen MR) is 159 cm³/mol. The van der Waals surface area contributed by atoms with Crippen LogP contribution in [0.2, 0.25) is 0 Å². The van der Waals surface area contributed by atoms with Crippen LogP contribution in [0.4, 0.5) is 4.79 Å². The van der Waals surface area contributed by atoms with Crippen molar-refractivity contribution in [2.75, 3.05) is 13.2 Å². The molecule has 0 radical (unpaired) electrons. The highest BCUT2D eigenvalue weighted by atomic mass is 16.6. The molecule has 0 unspecified atom stereocenters. The van der Waals surface area contributed by atoms with E-state index in [1.807, 2.05) is 74.5 Å². The Labute approximate surface area is 244 Å². The highest BCUT2D eigenvalue weighted by Gasteiger charge is 2.33. The van der Waals surface area contributed by atoms with Crippen molar-refractivity contribution in [3.63, 3.8) is 0 Å². The van der Waals surface area contributed by atoms with E-state index in [0.717, 1.165) is 11.1 Å². The van der Waals surface area contributed by atoms with Crippen LogP contribution in [0.15, 0.2) is 60.7 Å². The number of hydrogen-bond acceptors (Lipinski definition) is 6. The number of aliphatic hydroxyl groups excluding tert-OH is 2. The van der Waals surface area contributed by atoms with Crippen molar-refractivity contribution in [1.29, 1.82) is 0 Å². The Morgan fingerprint density at radius 3 is 1.95 bits per heavy atom. The molecule has 2 aromatic rings. The highest BCUT2D eigenvalue weighted by Crippen LogP contribution is 2.20. The van der Waals surface area contributed by atoms with Gasteiger partial charge in [-0.15, -0.1) is 0 Å². The van der Waals surface area contributed by atoms with E-state index < -0.39 is 35.8 Å². The number of nitrogens with one attached hydrogen (secondary N) is 3. The number of ether oxygens (including phenoxy) is 1. The van der Waals surface area contributed by atoms with E-state index in [2.05, 4.69) is 16.0 Å². The van der Waals surface area contributed by atoms with Crippen molar-refractivity contribution < 1.29 is 29.3 Å². The SMILES string of the molecule is CC[C@H](C)[C@H](NC(=O)[C@H](Cc1ccccc1)C[C@H](O)[C@H](Cc1ccccc1)NC(=O)OC(C)(C)C)C(=O)NCCO. The number of carbonyl (C=O) groups is 3. The minimum atomic E-state index is -1.09. The number of amides is 3. The van der Waals surface area contributed by atoms with Gasteiger partial charge < -0.3 is 30.9 Å². The molecule has 0 heterocycles. The Balaban J connectivity index is 2.32. The van der Waals surface area contributed by atoms with Crippen LogP contribution in [0.3, 0.4) is 0 Å². The molecule has 9 nitrogen and oxygen atoms in total. The van der Waals surface area contributed by atoms with Crippen molar-refractivity contribution in [2.45, 2.75) is 84.1 Å². The van der Waals surface area contributed by atoms with Crippen molar-refractivity contribution in [3.8, 4) is 0 Å². The first kappa shape index (κ1) is 33.8. The van der Waals surface area contributed by atoms with Crippen molar-refractivity contribution in [3.05, 3.63) is 71.8 Å². The van der Waals surface area contributed by atoms with Gasteiger partial charge in [0.25, 0.3) is 0 Å². The zero-order valence-corrected chi connectivity index (χ0v) is 24.9. The van der Waals surface area contributed by atoms with E-state index in [0.29, 0.717) is 19.3 Å². The molecule has 0 saturated heterocycles. The lowest BCUT2D eigenvalue weighted by Gasteiger charge is -2.30. The first-order chi connectivity index (χ1) is 19.4. The second kappa shape index (κ2) is 16.7. The first-order valence-electron chi connectivity index (χ1n) is 14.4. The van der Waals surface area contributed by atoms with Gasteiger partial charge in [0.05, 0.1) is 18.8 Å². The van der Waals surface area contributed by atoms with Crippen LogP contribution in [-0.2, 0) is 27.2 Å². The maximum Gasteiger partial charge on any atom is 0.407 e. The fourth-order valence-electron chi connectivity index (χ4n) is 4.51. The van der Waals surface area contributed by atoms with Crippen molar-refractivity contribution in [2.24, 2.45) is 11.8 Å². The smallest absolute Gasteiger partial charge is 0.407 e. The van der Waals surface area contributed by atoms with Gasteiger partial charge in [-0.1, -0.05) is 80.9 Å². The number of benzene rings is 2. The summed E-state index contributed by atoms with van der Waals surface area (Å²) in [5, 5.41) is 29.0. The van der Waals surface area contributed by atoms with Crippen LogP contribution in [0, 0.1) is 11.8 Å². The summed E-state index contributed by atoms with van der Waals surface area (Å²) in [5.41, 5.74) is 1.10. The molecule has 0 bridgehead atoms. The molecule has 5 atom stereocenters. The molecule has 2 rings (SSSR count). The maximum absolute atomic E-state index is 13.7. The molecule has 3 amide bonds. The van der Waals surface area contributed by atoms with Crippen LogP contribution < -0.4 is 16.0 Å². The van der Waals surface area contributed by atoms with E-state index in [-0.39, 0.29) is 37.3 Å². The second-order valence-corrected chi connectivity index (χ2v) is 11.5. The molecule has 0 saturated carbocycles. The molecule has 0 aromatic heterocycles. The fraction of sp³-hybridized carbons (Fsp3) is 0.531. The van der Waals surface area contributed by atoms with Gasteiger partial charge in [0, 0.05) is 12.5 Å². The van der Waals surface area contributed by atoms with Gasteiger partial charge in [0.1, 0.15) is 11.6 Å². The molecule has 0 fully saturated rings. The summed E-state index contributed by atoms with van der Waals surface area (Å²) in [5.74, 6) is -1.58. The standard InChI is InChI=1S/C32H47N3O6/c1-6-22(2)28(30(39)33-17-18-36)35-29(38)25(19-23-13-9-7-10-14-23)21-27(37)26(20-24-15-11-8-12-16-24)34-31(40)41-32(3,4)5/h7-16,22,25-28,36-37H,6,17-21H2,1-5H3,(H,33,39)(H,34,40)(H,35,38)/t22-,25+,26-,27-,28-/m0/s1. The normalized spacial score (nSPS) is 15.1. The molecule has 41 heavy (non-hydrogen) atoms. The summed E-state index contributed by atoms with van der Waals surface area (Å²) in [6.07, 6.45) is -0.381. The molecule has 0 aliphatic carbocycles. The van der Waals surface area contributed by atoms with Gasteiger partial charge in [0.2, 0.25) is 11.8 Å². The Bertz CT molecular complexity index is 1070. The van der Waals surface area contributed by atoms with E-state index in [1.165, 1.54) is 0 Å². The van der Waals surface area contributed by atoms with E-state index in [4.69, 9.17) is 9.84 Å². The van der Waals surface area contributed by atoms with E-state index >= 15 is 0 Å². The molecule has 226 valence electrons. The summed E-state index contributed by atoms with van der Waals surface area (Å²) in [7, 11) is 0. The Kier molecular flexibility index (Phi) is 13.8. The number of carbonyl (C=O) groups excluding carboxylic acids is 3. The Morgan fingerprint density at radius 2 is 1.44 bits per heavy atom. The van der Waals surface area contributed by atoms with Gasteiger partial charge in [-0.3, -0.25) is 9.59 Å². The highest BCUT2D eigenvalue weighted by molar-refractivity contribution is 5.88. The first-order valence-corrected chi connectivity index (χ1v) is 14.4. The fourth-order valence-corrected chi connectivity index (χ4v) is 4.51. The third-order valence-corrected chi connectivity index (χ3v) is 6.89. The lowest BCUT2D eigenvalue weighted by Crippen LogP contribution is -2.53. The summed E-state index contributed by atoms with van der Waals surface area (Å²) in [4.78, 5) is 39.3.